The van der Waals surface area contributed by atoms with E-state index in [1.165, 1.54) is 12.8 Å². The molecule has 0 unspecified atom stereocenters. The Morgan fingerprint density at radius 2 is 1.53 bits per heavy atom. The summed E-state index contributed by atoms with van der Waals surface area (Å²) in [6.45, 7) is 2.18. The van der Waals surface area contributed by atoms with Gasteiger partial charge in [0, 0.05) is 17.7 Å². The summed E-state index contributed by atoms with van der Waals surface area (Å²) >= 11 is 0. The highest BCUT2D eigenvalue weighted by Crippen LogP contribution is 2.37. The van der Waals surface area contributed by atoms with E-state index in [1.54, 1.807) is 21.3 Å². The Kier molecular flexibility index (Phi) is 6.50. The van der Waals surface area contributed by atoms with E-state index in [9.17, 15) is 0 Å². The normalized spacial score (nSPS) is 12.1. The highest BCUT2D eigenvalue weighted by atomic mass is 16.5. The molecule has 0 saturated heterocycles. The van der Waals surface area contributed by atoms with Crippen LogP contribution in [0.4, 0.5) is 0 Å². The largest absolute Gasteiger partial charge is 0.496 e. The molecular weight excluding hydrogens is 242 g/mol. The minimum absolute atomic E-state index is 0.0405. The molecule has 0 aliphatic heterocycles. The van der Waals surface area contributed by atoms with E-state index in [0.717, 1.165) is 24.2 Å². The maximum absolute atomic E-state index is 6.25. The molecule has 4 nitrogen and oxygen atoms in total. The predicted molar refractivity (Wildman–Crippen MR) is 77.2 cm³/mol. The lowest BCUT2D eigenvalue weighted by Crippen LogP contribution is -2.12. The lowest BCUT2D eigenvalue weighted by atomic mass is 9.99. The molecular formula is C15H25NO3. The van der Waals surface area contributed by atoms with Gasteiger partial charge >= 0.3 is 0 Å². The van der Waals surface area contributed by atoms with Gasteiger partial charge in [0.1, 0.15) is 5.75 Å². The smallest absolute Gasteiger partial charge is 0.164 e. The molecule has 0 heterocycles. The fraction of sp³-hybridized carbons (Fsp3) is 0.600. The van der Waals surface area contributed by atoms with E-state index in [1.807, 2.05) is 12.1 Å². The minimum atomic E-state index is -0.0405. The van der Waals surface area contributed by atoms with Crippen LogP contribution in [0, 0.1) is 0 Å². The molecule has 0 bridgehead atoms. The van der Waals surface area contributed by atoms with Gasteiger partial charge < -0.3 is 19.9 Å². The van der Waals surface area contributed by atoms with E-state index >= 15 is 0 Å². The standard InChI is InChI=1S/C15H25NO3/c1-5-6-7-8-12(16)11-9-14(18-3)15(19-4)10-13(11)17-2/h9-10,12H,5-8,16H2,1-4H3/t12-/m1/s1. The van der Waals surface area contributed by atoms with Crippen LogP contribution in [0.5, 0.6) is 17.2 Å². The molecule has 1 aromatic carbocycles. The van der Waals surface area contributed by atoms with E-state index < -0.39 is 0 Å². The number of benzene rings is 1. The number of unbranched alkanes of at least 4 members (excludes halogenated alkanes) is 2. The van der Waals surface area contributed by atoms with E-state index in [2.05, 4.69) is 6.92 Å². The summed E-state index contributed by atoms with van der Waals surface area (Å²) in [5.41, 5.74) is 7.22. The summed E-state index contributed by atoms with van der Waals surface area (Å²) in [5, 5.41) is 0. The van der Waals surface area contributed by atoms with Crippen molar-refractivity contribution in [3.8, 4) is 17.2 Å². The molecule has 0 spiro atoms. The molecule has 2 N–H and O–H groups in total. The first-order valence-electron chi connectivity index (χ1n) is 6.73. The van der Waals surface area contributed by atoms with E-state index in [-0.39, 0.29) is 6.04 Å². The fourth-order valence-electron chi connectivity index (χ4n) is 2.11. The summed E-state index contributed by atoms with van der Waals surface area (Å²) in [6, 6.07) is 3.70. The van der Waals surface area contributed by atoms with E-state index in [4.69, 9.17) is 19.9 Å². The van der Waals surface area contributed by atoms with Gasteiger partial charge in [-0.25, -0.2) is 0 Å². The average molecular weight is 267 g/mol. The first kappa shape index (κ1) is 15.6. The van der Waals surface area contributed by atoms with Gasteiger partial charge in [-0.1, -0.05) is 26.2 Å². The van der Waals surface area contributed by atoms with Crippen LogP contribution in [0.1, 0.15) is 44.2 Å². The van der Waals surface area contributed by atoms with Crippen LogP contribution in [0.3, 0.4) is 0 Å². The molecule has 4 heteroatoms. The summed E-state index contributed by atoms with van der Waals surface area (Å²) < 4.78 is 16.0. The van der Waals surface area contributed by atoms with Crippen molar-refractivity contribution < 1.29 is 14.2 Å². The van der Waals surface area contributed by atoms with Crippen LogP contribution >= 0.6 is 0 Å². The molecule has 0 saturated carbocycles. The molecule has 0 aliphatic carbocycles. The summed E-state index contributed by atoms with van der Waals surface area (Å²) in [7, 11) is 4.87. The first-order chi connectivity index (χ1) is 9.17. The highest BCUT2D eigenvalue weighted by Gasteiger charge is 2.16. The van der Waals surface area contributed by atoms with Crippen molar-refractivity contribution >= 4 is 0 Å². The monoisotopic (exact) mass is 267 g/mol. The fourth-order valence-corrected chi connectivity index (χ4v) is 2.11. The van der Waals surface area contributed by atoms with Crippen LogP contribution in [0.2, 0.25) is 0 Å². The van der Waals surface area contributed by atoms with Crippen LogP contribution in [0.25, 0.3) is 0 Å². The van der Waals surface area contributed by atoms with Crippen LogP contribution in [-0.2, 0) is 0 Å². The van der Waals surface area contributed by atoms with Crippen molar-refractivity contribution in [1.82, 2.24) is 0 Å². The van der Waals surface area contributed by atoms with Crippen molar-refractivity contribution in [2.45, 2.75) is 38.6 Å². The predicted octanol–water partition coefficient (Wildman–Crippen LogP) is 3.29. The molecule has 1 atom stereocenters. The van der Waals surface area contributed by atoms with Crippen molar-refractivity contribution in [2.24, 2.45) is 5.73 Å². The SMILES string of the molecule is CCCCC[C@@H](N)c1cc(OC)c(OC)cc1OC. The first-order valence-corrected chi connectivity index (χ1v) is 6.73. The van der Waals surface area contributed by atoms with Crippen LogP contribution < -0.4 is 19.9 Å². The minimum Gasteiger partial charge on any atom is -0.496 e. The van der Waals surface area contributed by atoms with Gasteiger partial charge in [-0.05, 0) is 12.5 Å². The molecule has 0 amide bonds. The molecule has 108 valence electrons. The number of ether oxygens (including phenoxy) is 3. The maximum atomic E-state index is 6.25. The van der Waals surface area contributed by atoms with Crippen molar-refractivity contribution in [1.29, 1.82) is 0 Å². The Hall–Kier alpha value is -1.42. The van der Waals surface area contributed by atoms with Crippen molar-refractivity contribution in [2.75, 3.05) is 21.3 Å². The molecule has 0 aliphatic rings. The third-order valence-electron chi connectivity index (χ3n) is 3.25. The van der Waals surface area contributed by atoms with Gasteiger partial charge in [0.15, 0.2) is 11.5 Å². The highest BCUT2D eigenvalue weighted by molar-refractivity contribution is 5.51. The Morgan fingerprint density at radius 1 is 0.947 bits per heavy atom. The zero-order valence-corrected chi connectivity index (χ0v) is 12.4. The Labute approximate surface area is 115 Å². The number of hydrogen-bond donors (Lipinski definition) is 1. The molecule has 0 radical (unpaired) electrons. The van der Waals surface area contributed by atoms with Gasteiger partial charge in [-0.15, -0.1) is 0 Å². The van der Waals surface area contributed by atoms with Gasteiger partial charge in [0.05, 0.1) is 21.3 Å². The van der Waals surface area contributed by atoms with E-state index in [0.29, 0.717) is 11.5 Å². The second-order valence-corrected chi connectivity index (χ2v) is 4.55. The maximum Gasteiger partial charge on any atom is 0.164 e. The van der Waals surface area contributed by atoms with Crippen LogP contribution in [-0.4, -0.2) is 21.3 Å². The van der Waals surface area contributed by atoms with Crippen molar-refractivity contribution in [3.05, 3.63) is 17.7 Å². The average Bonchev–Trinajstić information content (AvgIpc) is 2.45. The molecule has 1 aromatic rings. The Balaban J connectivity index is 2.97. The summed E-state index contributed by atoms with van der Waals surface area (Å²) in [5.74, 6) is 2.09. The molecule has 1 rings (SSSR count). The zero-order chi connectivity index (χ0) is 14.3. The van der Waals surface area contributed by atoms with Gasteiger partial charge in [0.2, 0.25) is 0 Å². The lowest BCUT2D eigenvalue weighted by molar-refractivity contribution is 0.346. The Bertz CT molecular complexity index is 393. The third kappa shape index (κ3) is 4.03. The zero-order valence-electron chi connectivity index (χ0n) is 12.4. The number of methoxy groups -OCH3 is 3. The second-order valence-electron chi connectivity index (χ2n) is 4.55. The summed E-state index contributed by atoms with van der Waals surface area (Å²) in [4.78, 5) is 0. The van der Waals surface area contributed by atoms with Gasteiger partial charge in [-0.2, -0.15) is 0 Å². The topological polar surface area (TPSA) is 53.7 Å². The Morgan fingerprint density at radius 3 is 2.05 bits per heavy atom. The van der Waals surface area contributed by atoms with Crippen LogP contribution in [0.15, 0.2) is 12.1 Å². The number of rotatable bonds is 8. The summed E-state index contributed by atoms with van der Waals surface area (Å²) in [6.07, 6.45) is 4.45. The lowest BCUT2D eigenvalue weighted by Gasteiger charge is -2.18. The molecule has 0 fully saturated rings. The van der Waals surface area contributed by atoms with Crippen molar-refractivity contribution in [3.63, 3.8) is 0 Å². The quantitative estimate of drug-likeness (QED) is 0.734. The van der Waals surface area contributed by atoms with Gasteiger partial charge in [0.25, 0.3) is 0 Å². The second kappa shape index (κ2) is 7.89. The van der Waals surface area contributed by atoms with Gasteiger partial charge in [-0.3, -0.25) is 0 Å². The molecule has 0 aromatic heterocycles. The third-order valence-corrected chi connectivity index (χ3v) is 3.25. The number of hydrogen-bond acceptors (Lipinski definition) is 4. The molecule has 19 heavy (non-hydrogen) atoms. The number of nitrogens with two attached hydrogens (primary N) is 1.